The molecule has 1 heterocycles. The van der Waals surface area contributed by atoms with Gasteiger partial charge in [0.05, 0.1) is 5.75 Å². The molecule has 1 saturated heterocycles. The molecule has 0 aromatic carbocycles. The van der Waals surface area contributed by atoms with Gasteiger partial charge in [-0.05, 0) is 45.3 Å². The van der Waals surface area contributed by atoms with Gasteiger partial charge in [0.2, 0.25) is 0 Å². The van der Waals surface area contributed by atoms with Crippen LogP contribution in [0.25, 0.3) is 0 Å². The maximum absolute atomic E-state index is 11.0. The Hall–Kier alpha value is -0.130. The highest BCUT2D eigenvalue weighted by molar-refractivity contribution is 7.90. The number of hydrogen-bond acceptors (Lipinski definition) is 4. The van der Waals surface area contributed by atoms with Crippen LogP contribution in [0.2, 0.25) is 0 Å². The van der Waals surface area contributed by atoms with Gasteiger partial charge in [0.15, 0.2) is 0 Å². The van der Waals surface area contributed by atoms with Crippen LogP contribution >= 0.6 is 0 Å². The zero-order valence-corrected chi connectivity index (χ0v) is 10.4. The molecule has 15 heavy (non-hydrogen) atoms. The van der Waals surface area contributed by atoms with Crippen molar-refractivity contribution in [1.82, 2.24) is 10.6 Å². The molecule has 4 nitrogen and oxygen atoms in total. The molecule has 1 unspecified atom stereocenters. The van der Waals surface area contributed by atoms with Gasteiger partial charge in [-0.1, -0.05) is 0 Å². The summed E-state index contributed by atoms with van der Waals surface area (Å²) in [5.41, 5.74) is 0. The predicted octanol–water partition coefficient (Wildman–Crippen LogP) is 0.00870. The standard InChI is InChI=1S/C10H22N2O2S/c1-9(8-15(2,13)14)12-7-10-3-5-11-6-4-10/h9-12H,3-8H2,1-2H3. The second-order valence-electron chi connectivity index (χ2n) is 4.60. The van der Waals surface area contributed by atoms with Crippen molar-refractivity contribution in [2.24, 2.45) is 5.92 Å². The summed E-state index contributed by atoms with van der Waals surface area (Å²) in [4.78, 5) is 0. The Morgan fingerprint density at radius 3 is 2.53 bits per heavy atom. The van der Waals surface area contributed by atoms with Crippen molar-refractivity contribution in [1.29, 1.82) is 0 Å². The van der Waals surface area contributed by atoms with E-state index in [1.165, 1.54) is 19.1 Å². The number of sulfone groups is 1. The normalized spacial score (nSPS) is 21.5. The van der Waals surface area contributed by atoms with Crippen LogP contribution in [0.1, 0.15) is 19.8 Å². The van der Waals surface area contributed by atoms with Gasteiger partial charge in [-0.25, -0.2) is 8.42 Å². The highest BCUT2D eigenvalue weighted by Crippen LogP contribution is 2.10. The first-order valence-corrected chi connectivity index (χ1v) is 7.65. The lowest BCUT2D eigenvalue weighted by Gasteiger charge is -2.24. The molecule has 0 bridgehead atoms. The molecular formula is C10H22N2O2S. The lowest BCUT2D eigenvalue weighted by atomic mass is 9.98. The Morgan fingerprint density at radius 1 is 1.40 bits per heavy atom. The third-order valence-corrected chi connectivity index (χ3v) is 3.87. The fraction of sp³-hybridized carbons (Fsp3) is 1.00. The Bertz CT molecular complexity index is 271. The Balaban J connectivity index is 2.18. The molecule has 1 rings (SSSR count). The van der Waals surface area contributed by atoms with Crippen LogP contribution in [0.15, 0.2) is 0 Å². The van der Waals surface area contributed by atoms with Gasteiger partial charge in [0.1, 0.15) is 9.84 Å². The van der Waals surface area contributed by atoms with Gasteiger partial charge in [-0.3, -0.25) is 0 Å². The van der Waals surface area contributed by atoms with Crippen LogP contribution in [-0.4, -0.2) is 46.1 Å². The van der Waals surface area contributed by atoms with E-state index in [2.05, 4.69) is 10.6 Å². The molecule has 1 atom stereocenters. The quantitative estimate of drug-likeness (QED) is 0.703. The van der Waals surface area contributed by atoms with Gasteiger partial charge < -0.3 is 10.6 Å². The van der Waals surface area contributed by atoms with Crippen LogP contribution in [0, 0.1) is 5.92 Å². The molecule has 0 spiro atoms. The third-order valence-electron chi connectivity index (χ3n) is 2.77. The average Bonchev–Trinajstić information content (AvgIpc) is 2.14. The van der Waals surface area contributed by atoms with Gasteiger partial charge in [-0.15, -0.1) is 0 Å². The summed E-state index contributed by atoms with van der Waals surface area (Å²) in [7, 11) is -2.85. The van der Waals surface area contributed by atoms with Crippen LogP contribution in [0.5, 0.6) is 0 Å². The van der Waals surface area contributed by atoms with E-state index in [1.54, 1.807) is 0 Å². The third kappa shape index (κ3) is 6.12. The zero-order valence-electron chi connectivity index (χ0n) is 9.62. The van der Waals surface area contributed by atoms with Gasteiger partial charge in [0, 0.05) is 12.3 Å². The molecule has 0 aliphatic carbocycles. The van der Waals surface area contributed by atoms with E-state index < -0.39 is 9.84 Å². The Morgan fingerprint density at radius 2 is 2.00 bits per heavy atom. The molecule has 0 saturated carbocycles. The molecule has 90 valence electrons. The fourth-order valence-corrected chi connectivity index (χ4v) is 2.99. The summed E-state index contributed by atoms with van der Waals surface area (Å²) >= 11 is 0. The summed E-state index contributed by atoms with van der Waals surface area (Å²) in [5.74, 6) is 0.936. The molecule has 1 fully saturated rings. The highest BCUT2D eigenvalue weighted by Gasteiger charge is 2.15. The van der Waals surface area contributed by atoms with Gasteiger partial charge in [-0.2, -0.15) is 0 Å². The van der Waals surface area contributed by atoms with Crippen molar-refractivity contribution in [3.05, 3.63) is 0 Å². The first-order valence-electron chi connectivity index (χ1n) is 5.59. The molecule has 1 aliphatic rings. The SMILES string of the molecule is CC(CS(C)(=O)=O)NCC1CCNCC1. The molecular weight excluding hydrogens is 212 g/mol. The van der Waals surface area contributed by atoms with Crippen molar-refractivity contribution in [3.63, 3.8) is 0 Å². The van der Waals surface area contributed by atoms with Crippen LogP contribution in [-0.2, 0) is 9.84 Å². The second-order valence-corrected chi connectivity index (χ2v) is 6.78. The molecule has 5 heteroatoms. The van der Waals surface area contributed by atoms with Crippen LogP contribution < -0.4 is 10.6 Å². The fourth-order valence-electron chi connectivity index (χ4n) is 1.97. The minimum absolute atomic E-state index is 0.0647. The van der Waals surface area contributed by atoms with Gasteiger partial charge in [0.25, 0.3) is 0 Å². The molecule has 1 aliphatic heterocycles. The second kappa shape index (κ2) is 5.82. The predicted molar refractivity (Wildman–Crippen MR) is 62.8 cm³/mol. The number of rotatable bonds is 5. The van der Waals surface area contributed by atoms with Crippen molar-refractivity contribution >= 4 is 9.84 Å². The monoisotopic (exact) mass is 234 g/mol. The lowest BCUT2D eigenvalue weighted by molar-refractivity contribution is 0.347. The topological polar surface area (TPSA) is 58.2 Å². The maximum Gasteiger partial charge on any atom is 0.148 e. The van der Waals surface area contributed by atoms with E-state index in [0.29, 0.717) is 5.92 Å². The van der Waals surface area contributed by atoms with Crippen molar-refractivity contribution in [3.8, 4) is 0 Å². The number of hydrogen-bond donors (Lipinski definition) is 2. The molecule has 0 amide bonds. The first kappa shape index (κ1) is 12.9. The molecule has 0 aromatic rings. The smallest absolute Gasteiger partial charge is 0.148 e. The number of piperidine rings is 1. The highest BCUT2D eigenvalue weighted by atomic mass is 32.2. The largest absolute Gasteiger partial charge is 0.317 e. The Kier molecular flexibility index (Phi) is 5.02. The maximum atomic E-state index is 11.0. The van der Waals surface area contributed by atoms with Crippen LogP contribution in [0.4, 0.5) is 0 Å². The summed E-state index contributed by atoms with van der Waals surface area (Å²) in [6, 6.07) is 0.0647. The minimum atomic E-state index is -2.85. The van der Waals surface area contributed by atoms with E-state index in [1.807, 2.05) is 6.92 Å². The summed E-state index contributed by atoms with van der Waals surface area (Å²) in [5, 5.41) is 6.62. The Labute approximate surface area is 92.7 Å². The van der Waals surface area contributed by atoms with Crippen molar-refractivity contribution in [2.75, 3.05) is 31.6 Å². The summed E-state index contributed by atoms with van der Waals surface area (Å²) in [6.07, 6.45) is 3.67. The number of nitrogens with one attached hydrogen (secondary N) is 2. The minimum Gasteiger partial charge on any atom is -0.317 e. The van der Waals surface area contributed by atoms with Crippen molar-refractivity contribution < 1.29 is 8.42 Å². The van der Waals surface area contributed by atoms with E-state index in [0.717, 1.165) is 19.6 Å². The van der Waals surface area contributed by atoms with E-state index in [9.17, 15) is 8.42 Å². The van der Waals surface area contributed by atoms with Gasteiger partial charge >= 0.3 is 0 Å². The van der Waals surface area contributed by atoms with Crippen molar-refractivity contribution in [2.45, 2.75) is 25.8 Å². The van der Waals surface area contributed by atoms with E-state index >= 15 is 0 Å². The molecule has 0 aromatic heterocycles. The van der Waals surface area contributed by atoms with Crippen LogP contribution in [0.3, 0.4) is 0 Å². The summed E-state index contributed by atoms with van der Waals surface area (Å²) < 4.78 is 22.1. The van der Waals surface area contributed by atoms with E-state index in [-0.39, 0.29) is 11.8 Å². The van der Waals surface area contributed by atoms with E-state index in [4.69, 9.17) is 0 Å². The average molecular weight is 234 g/mol. The lowest BCUT2D eigenvalue weighted by Crippen LogP contribution is -2.39. The molecule has 0 radical (unpaired) electrons. The summed E-state index contributed by atoms with van der Waals surface area (Å²) in [6.45, 7) is 5.06. The molecule has 2 N–H and O–H groups in total. The first-order chi connectivity index (χ1) is 6.97. The zero-order chi connectivity index (χ0) is 11.3.